The van der Waals surface area contributed by atoms with Gasteiger partial charge in [-0.25, -0.2) is 0 Å². The molecule has 0 unspecified atom stereocenters. The number of benzene rings is 3. The van der Waals surface area contributed by atoms with Crippen LogP contribution in [-0.2, 0) is 16.1 Å². The van der Waals surface area contributed by atoms with E-state index in [2.05, 4.69) is 21.6 Å². The lowest BCUT2D eigenvalue weighted by atomic mass is 10.1. The fraction of sp³-hybridized carbons (Fsp3) is 0.240. The first kappa shape index (κ1) is 20.9. The Morgan fingerprint density at radius 2 is 1.55 bits per heavy atom. The van der Waals surface area contributed by atoms with E-state index in [-0.39, 0.29) is 12.5 Å². The van der Waals surface area contributed by atoms with E-state index in [0.717, 1.165) is 44.3 Å². The number of amides is 1. The highest BCUT2D eigenvalue weighted by Crippen LogP contribution is 2.29. The highest BCUT2D eigenvalue weighted by Gasteiger charge is 2.14. The number of ether oxygens (including phenoxy) is 2. The van der Waals surface area contributed by atoms with Crippen molar-refractivity contribution in [3.8, 4) is 11.5 Å². The molecule has 1 amide bonds. The van der Waals surface area contributed by atoms with Crippen molar-refractivity contribution in [2.75, 3.05) is 43.5 Å². The van der Waals surface area contributed by atoms with Crippen LogP contribution < -0.4 is 15.4 Å². The number of nitrogens with zero attached hydrogens (tertiary/aromatic N) is 1. The minimum atomic E-state index is -0.134. The van der Waals surface area contributed by atoms with Gasteiger partial charge in [0.05, 0.1) is 25.4 Å². The second-order valence-electron chi connectivity index (χ2n) is 7.36. The lowest BCUT2D eigenvalue weighted by Gasteiger charge is -2.27. The highest BCUT2D eigenvalue weighted by atomic mass is 16.5. The first-order chi connectivity index (χ1) is 15.3. The number of para-hydroxylation sites is 4. The van der Waals surface area contributed by atoms with Crippen LogP contribution in [0.5, 0.6) is 11.5 Å². The molecule has 3 aromatic carbocycles. The van der Waals surface area contributed by atoms with Crippen molar-refractivity contribution in [3.63, 3.8) is 0 Å². The van der Waals surface area contributed by atoms with E-state index in [1.165, 1.54) is 5.56 Å². The van der Waals surface area contributed by atoms with Gasteiger partial charge in [0.15, 0.2) is 5.75 Å². The molecule has 6 heteroatoms. The number of hydrogen-bond acceptors (Lipinski definition) is 5. The van der Waals surface area contributed by atoms with Gasteiger partial charge in [-0.2, -0.15) is 0 Å². The number of rotatable bonds is 8. The summed E-state index contributed by atoms with van der Waals surface area (Å²) in [6.45, 7) is 4.38. The summed E-state index contributed by atoms with van der Waals surface area (Å²) in [4.78, 5) is 15.0. The van der Waals surface area contributed by atoms with Crippen molar-refractivity contribution in [2.45, 2.75) is 6.54 Å². The zero-order valence-corrected chi connectivity index (χ0v) is 17.4. The summed E-state index contributed by atoms with van der Waals surface area (Å²) in [7, 11) is 0. The third kappa shape index (κ3) is 6.07. The van der Waals surface area contributed by atoms with E-state index in [1.54, 1.807) is 0 Å². The van der Waals surface area contributed by atoms with Crippen molar-refractivity contribution in [1.82, 2.24) is 4.90 Å². The number of hydrogen-bond donors (Lipinski definition) is 2. The number of anilines is 2. The van der Waals surface area contributed by atoms with Crippen LogP contribution in [0, 0.1) is 0 Å². The van der Waals surface area contributed by atoms with Crippen LogP contribution in [0.2, 0.25) is 0 Å². The quantitative estimate of drug-likeness (QED) is 0.570. The molecule has 4 rings (SSSR count). The lowest BCUT2D eigenvalue weighted by molar-refractivity contribution is -0.114. The van der Waals surface area contributed by atoms with Crippen molar-refractivity contribution in [1.29, 1.82) is 0 Å². The van der Waals surface area contributed by atoms with Gasteiger partial charge < -0.3 is 20.1 Å². The van der Waals surface area contributed by atoms with Crippen LogP contribution in [0.15, 0.2) is 78.9 Å². The molecule has 0 aromatic heterocycles. The maximum atomic E-state index is 12.6. The lowest BCUT2D eigenvalue weighted by Crippen LogP contribution is -2.35. The number of nitrogens with one attached hydrogen (secondary N) is 2. The predicted octanol–water partition coefficient (Wildman–Crippen LogP) is 4.36. The Bertz CT molecular complexity index is 988. The number of carbonyl (C=O) groups is 1. The Morgan fingerprint density at radius 1 is 0.871 bits per heavy atom. The molecule has 31 heavy (non-hydrogen) atoms. The van der Waals surface area contributed by atoms with Gasteiger partial charge in [-0.05, 0) is 35.9 Å². The molecule has 3 aromatic rings. The van der Waals surface area contributed by atoms with Gasteiger partial charge in [-0.1, -0.05) is 48.5 Å². The first-order valence-corrected chi connectivity index (χ1v) is 10.5. The largest absolute Gasteiger partial charge is 0.455 e. The van der Waals surface area contributed by atoms with Gasteiger partial charge in [0, 0.05) is 25.3 Å². The third-order valence-electron chi connectivity index (χ3n) is 5.09. The van der Waals surface area contributed by atoms with Crippen molar-refractivity contribution >= 4 is 17.3 Å². The summed E-state index contributed by atoms with van der Waals surface area (Å²) in [6, 6.07) is 25.1. The molecule has 0 aliphatic carbocycles. The van der Waals surface area contributed by atoms with Gasteiger partial charge in [0.1, 0.15) is 5.75 Å². The molecule has 0 saturated carbocycles. The van der Waals surface area contributed by atoms with E-state index in [9.17, 15) is 4.79 Å². The molecule has 1 fully saturated rings. The van der Waals surface area contributed by atoms with Crippen LogP contribution >= 0.6 is 0 Å². The Hall–Kier alpha value is -3.35. The van der Waals surface area contributed by atoms with Gasteiger partial charge in [0.2, 0.25) is 5.91 Å². The fourth-order valence-corrected chi connectivity index (χ4v) is 3.48. The van der Waals surface area contributed by atoms with Crippen molar-refractivity contribution in [2.24, 2.45) is 0 Å². The smallest absolute Gasteiger partial charge is 0.243 e. The summed E-state index contributed by atoms with van der Waals surface area (Å²) in [5, 5.41) is 6.23. The Balaban J connectivity index is 1.36. The van der Waals surface area contributed by atoms with Gasteiger partial charge in [-0.3, -0.25) is 9.69 Å². The molecule has 160 valence electrons. The summed E-state index contributed by atoms with van der Waals surface area (Å²) in [5.41, 5.74) is 2.78. The normalized spacial score (nSPS) is 14.1. The Labute approximate surface area is 182 Å². The summed E-state index contributed by atoms with van der Waals surface area (Å²) in [5.74, 6) is 1.19. The molecule has 0 atom stereocenters. The van der Waals surface area contributed by atoms with Crippen LogP contribution in [0.3, 0.4) is 0 Å². The average Bonchev–Trinajstić information content (AvgIpc) is 2.81. The molecule has 1 aliphatic rings. The summed E-state index contributed by atoms with van der Waals surface area (Å²) < 4.78 is 11.4. The first-order valence-electron chi connectivity index (χ1n) is 10.5. The topological polar surface area (TPSA) is 62.8 Å². The SMILES string of the molecule is O=C(CNc1ccccc1CN1CCOCC1)Nc1ccccc1Oc1ccccc1. The van der Waals surface area contributed by atoms with Gasteiger partial charge in [0.25, 0.3) is 0 Å². The minimum Gasteiger partial charge on any atom is -0.455 e. The van der Waals surface area contributed by atoms with E-state index >= 15 is 0 Å². The molecule has 0 radical (unpaired) electrons. The molecular formula is C25H27N3O3. The zero-order valence-electron chi connectivity index (χ0n) is 17.4. The molecule has 2 N–H and O–H groups in total. The molecule has 1 heterocycles. The third-order valence-corrected chi connectivity index (χ3v) is 5.09. The van der Waals surface area contributed by atoms with Crippen LogP contribution in [0.25, 0.3) is 0 Å². The van der Waals surface area contributed by atoms with E-state index in [1.807, 2.05) is 72.8 Å². The molecule has 0 spiro atoms. The number of morpholine rings is 1. The molecule has 0 bridgehead atoms. The van der Waals surface area contributed by atoms with Crippen LogP contribution in [-0.4, -0.2) is 43.7 Å². The van der Waals surface area contributed by atoms with E-state index < -0.39 is 0 Å². The Kier molecular flexibility index (Phi) is 7.16. The highest BCUT2D eigenvalue weighted by molar-refractivity contribution is 5.95. The molecule has 1 saturated heterocycles. The average molecular weight is 418 g/mol. The van der Waals surface area contributed by atoms with E-state index in [0.29, 0.717) is 11.4 Å². The predicted molar refractivity (Wildman–Crippen MR) is 123 cm³/mol. The fourth-order valence-electron chi connectivity index (χ4n) is 3.48. The van der Waals surface area contributed by atoms with Gasteiger partial charge in [-0.15, -0.1) is 0 Å². The molecule has 1 aliphatic heterocycles. The number of carbonyl (C=O) groups excluding carboxylic acids is 1. The van der Waals surface area contributed by atoms with Crippen LogP contribution in [0.4, 0.5) is 11.4 Å². The van der Waals surface area contributed by atoms with Crippen molar-refractivity contribution in [3.05, 3.63) is 84.4 Å². The second kappa shape index (κ2) is 10.6. The van der Waals surface area contributed by atoms with Crippen LogP contribution in [0.1, 0.15) is 5.56 Å². The molecule has 6 nitrogen and oxygen atoms in total. The molecular weight excluding hydrogens is 390 g/mol. The standard InChI is InChI=1S/C25H27N3O3/c29-25(27-23-12-6-7-13-24(23)31-21-9-2-1-3-10-21)18-26-22-11-5-4-8-20(22)19-28-14-16-30-17-15-28/h1-13,26H,14-19H2,(H,27,29). The zero-order chi connectivity index (χ0) is 21.3. The summed E-state index contributed by atoms with van der Waals surface area (Å²) in [6.07, 6.45) is 0. The maximum absolute atomic E-state index is 12.6. The minimum absolute atomic E-state index is 0.134. The second-order valence-corrected chi connectivity index (χ2v) is 7.36. The monoisotopic (exact) mass is 417 g/mol. The van der Waals surface area contributed by atoms with Crippen molar-refractivity contribution < 1.29 is 14.3 Å². The van der Waals surface area contributed by atoms with Gasteiger partial charge >= 0.3 is 0 Å². The summed E-state index contributed by atoms with van der Waals surface area (Å²) >= 11 is 0. The van der Waals surface area contributed by atoms with E-state index in [4.69, 9.17) is 9.47 Å². The Morgan fingerprint density at radius 3 is 2.35 bits per heavy atom. The maximum Gasteiger partial charge on any atom is 0.243 e.